The van der Waals surface area contributed by atoms with Gasteiger partial charge in [0.2, 0.25) is 0 Å². The minimum Gasteiger partial charge on any atom is -0.475 e. The second-order valence-corrected chi connectivity index (χ2v) is 8.14. The number of alkyl halides is 6. The van der Waals surface area contributed by atoms with E-state index in [4.69, 9.17) is 24.5 Å². The number of hydrogen-bond acceptors (Lipinski definition) is 7. The van der Waals surface area contributed by atoms with Crippen LogP contribution in [-0.2, 0) is 33.9 Å². The van der Waals surface area contributed by atoms with Gasteiger partial charge in [-0.05, 0) is 32.9 Å². The molecule has 1 saturated carbocycles. The van der Waals surface area contributed by atoms with E-state index in [1.807, 2.05) is 0 Å². The summed E-state index contributed by atoms with van der Waals surface area (Å²) in [5.41, 5.74) is 0. The van der Waals surface area contributed by atoms with Crippen LogP contribution in [0.25, 0.3) is 0 Å². The summed E-state index contributed by atoms with van der Waals surface area (Å²) in [5, 5.41) is 22.9. The first-order valence-corrected chi connectivity index (χ1v) is 10.6. The van der Waals surface area contributed by atoms with E-state index in [1.165, 1.54) is 19.4 Å². The molecule has 0 saturated heterocycles. The van der Waals surface area contributed by atoms with Crippen LogP contribution in [0, 0.1) is 5.92 Å². The Morgan fingerprint density at radius 3 is 2.00 bits per heavy atom. The Hall–Kier alpha value is -2.46. The maximum atomic E-state index is 10.6. The van der Waals surface area contributed by atoms with Crippen molar-refractivity contribution in [1.82, 2.24) is 24.6 Å². The largest absolute Gasteiger partial charge is 0.490 e. The first-order valence-electron chi connectivity index (χ1n) is 10.6. The number of aliphatic carboxylic acids is 2. The summed E-state index contributed by atoms with van der Waals surface area (Å²) in [6.07, 6.45) is -6.31. The number of carboxylic acid groups (broad SMARTS) is 2. The van der Waals surface area contributed by atoms with Crippen molar-refractivity contribution in [1.29, 1.82) is 0 Å². The highest BCUT2D eigenvalue weighted by atomic mass is 19.4. The van der Waals surface area contributed by atoms with Gasteiger partial charge in [0.15, 0.2) is 5.82 Å². The number of hydrogen-bond donors (Lipinski definition) is 2. The Balaban J connectivity index is 0.000000362. The van der Waals surface area contributed by atoms with Gasteiger partial charge in [-0.3, -0.25) is 0 Å². The summed E-state index contributed by atoms with van der Waals surface area (Å²) < 4.78 is 71.5. The third-order valence-electron chi connectivity index (χ3n) is 4.81. The van der Waals surface area contributed by atoms with E-state index < -0.39 is 24.3 Å². The third-order valence-corrected chi connectivity index (χ3v) is 4.81. The quantitative estimate of drug-likeness (QED) is 0.409. The number of fused-ring (bicyclic) bond motifs is 1. The molecule has 0 amide bonds. The molecule has 0 aromatic carbocycles. The number of aromatic nitrogens is 3. The average molecular weight is 521 g/mol. The lowest BCUT2D eigenvalue weighted by Crippen LogP contribution is -2.29. The molecule has 1 aromatic rings. The van der Waals surface area contributed by atoms with Gasteiger partial charge in [0.25, 0.3) is 0 Å². The number of halogens is 6. The van der Waals surface area contributed by atoms with Crippen LogP contribution in [0.15, 0.2) is 0 Å². The number of ether oxygens (including phenoxy) is 1. The zero-order valence-electron chi connectivity index (χ0n) is 19.3. The van der Waals surface area contributed by atoms with Gasteiger partial charge in [-0.1, -0.05) is 0 Å². The van der Waals surface area contributed by atoms with Gasteiger partial charge in [-0.25, -0.2) is 9.59 Å². The van der Waals surface area contributed by atoms with E-state index in [1.54, 1.807) is 0 Å². The molecule has 0 spiro atoms. The Morgan fingerprint density at radius 2 is 1.54 bits per heavy atom. The number of likely N-dealkylation sites (N-methyl/N-ethyl adjacent to an activating group) is 1. The molecule has 0 radical (unpaired) electrons. The van der Waals surface area contributed by atoms with E-state index in [-0.39, 0.29) is 0 Å². The van der Waals surface area contributed by atoms with Gasteiger partial charge < -0.3 is 29.3 Å². The minimum atomic E-state index is -5.08. The van der Waals surface area contributed by atoms with E-state index in [2.05, 4.69) is 38.7 Å². The fraction of sp³-hybridized carbons (Fsp3) is 0.789. The SMILES string of the molecule is CN(C)CCOCc1nnc2n1CCN(CC1CC1)CC2.O=C(O)C(F)(F)F.O=C(O)C(F)(F)F. The lowest BCUT2D eigenvalue weighted by molar-refractivity contribution is -0.193. The average Bonchev–Trinajstić information content (AvgIpc) is 3.49. The molecule has 3 rings (SSSR count). The monoisotopic (exact) mass is 521 g/mol. The van der Waals surface area contributed by atoms with Gasteiger partial charge in [-0.15, -0.1) is 10.2 Å². The number of rotatable bonds is 7. The molecule has 10 nitrogen and oxygen atoms in total. The highest BCUT2D eigenvalue weighted by Crippen LogP contribution is 2.30. The van der Waals surface area contributed by atoms with E-state index in [0.717, 1.165) is 56.8 Å². The predicted molar refractivity (Wildman–Crippen MR) is 108 cm³/mol. The van der Waals surface area contributed by atoms with Crippen LogP contribution >= 0.6 is 0 Å². The molecule has 16 heteroatoms. The molecular formula is C19H29F6N5O5. The van der Waals surface area contributed by atoms with Crippen LogP contribution in [0.4, 0.5) is 26.3 Å². The first-order chi connectivity index (χ1) is 16.1. The fourth-order valence-electron chi connectivity index (χ4n) is 2.79. The van der Waals surface area contributed by atoms with Crippen molar-refractivity contribution in [3.8, 4) is 0 Å². The summed E-state index contributed by atoms with van der Waals surface area (Å²) in [6.45, 7) is 6.76. The normalized spacial score (nSPS) is 16.4. The second-order valence-electron chi connectivity index (χ2n) is 8.14. The molecule has 1 aromatic heterocycles. The van der Waals surface area contributed by atoms with Crippen LogP contribution in [0.5, 0.6) is 0 Å². The van der Waals surface area contributed by atoms with Gasteiger partial charge >= 0.3 is 24.3 Å². The third kappa shape index (κ3) is 12.7. The molecular weight excluding hydrogens is 492 g/mol. The first kappa shape index (κ1) is 30.6. The van der Waals surface area contributed by atoms with Crippen molar-refractivity contribution in [2.75, 3.05) is 46.9 Å². The van der Waals surface area contributed by atoms with Gasteiger partial charge in [0.1, 0.15) is 12.4 Å². The van der Waals surface area contributed by atoms with E-state index in [9.17, 15) is 26.3 Å². The lowest BCUT2D eigenvalue weighted by Gasteiger charge is -2.19. The highest BCUT2D eigenvalue weighted by molar-refractivity contribution is 5.73. The van der Waals surface area contributed by atoms with Crippen LogP contribution in [0.2, 0.25) is 0 Å². The van der Waals surface area contributed by atoms with Crippen molar-refractivity contribution in [2.24, 2.45) is 5.92 Å². The van der Waals surface area contributed by atoms with Crippen molar-refractivity contribution < 1.29 is 50.9 Å². The Kier molecular flexibility index (Phi) is 11.9. The zero-order chi connectivity index (χ0) is 26.8. The van der Waals surface area contributed by atoms with Crippen LogP contribution in [0.1, 0.15) is 24.5 Å². The molecule has 1 aliphatic heterocycles. The lowest BCUT2D eigenvalue weighted by atomic mass is 10.3. The molecule has 0 unspecified atom stereocenters. The molecule has 0 atom stereocenters. The van der Waals surface area contributed by atoms with E-state index in [0.29, 0.717) is 6.61 Å². The molecule has 1 fully saturated rings. The summed E-state index contributed by atoms with van der Waals surface area (Å²) in [4.78, 5) is 22.5. The van der Waals surface area contributed by atoms with Crippen molar-refractivity contribution in [3.05, 3.63) is 11.6 Å². The van der Waals surface area contributed by atoms with Gasteiger partial charge in [0, 0.05) is 39.1 Å². The molecule has 1 aliphatic carbocycles. The number of nitrogens with zero attached hydrogens (tertiary/aromatic N) is 5. The van der Waals surface area contributed by atoms with Gasteiger partial charge in [-0.2, -0.15) is 26.3 Å². The summed E-state index contributed by atoms with van der Waals surface area (Å²) in [5.74, 6) is -2.45. The molecule has 202 valence electrons. The summed E-state index contributed by atoms with van der Waals surface area (Å²) in [6, 6.07) is 0. The van der Waals surface area contributed by atoms with Crippen molar-refractivity contribution in [3.63, 3.8) is 0 Å². The second kappa shape index (κ2) is 13.6. The molecule has 0 bridgehead atoms. The molecule has 2 heterocycles. The van der Waals surface area contributed by atoms with Crippen LogP contribution in [0.3, 0.4) is 0 Å². The Morgan fingerprint density at radius 1 is 1.00 bits per heavy atom. The maximum Gasteiger partial charge on any atom is 0.490 e. The predicted octanol–water partition coefficient (Wildman–Crippen LogP) is 1.89. The standard InChI is InChI=1S/C15H27N5O.2C2HF3O2/c1-18(2)9-10-21-12-15-17-16-14-5-6-19(7-8-20(14)15)11-13-3-4-13;2*3-2(4,5)1(6)7/h13H,3-12H2,1-2H3;2*(H,6,7). The van der Waals surface area contributed by atoms with Crippen LogP contribution in [-0.4, -0.2) is 106 Å². The highest BCUT2D eigenvalue weighted by Gasteiger charge is 2.38. The smallest absolute Gasteiger partial charge is 0.475 e. The summed E-state index contributed by atoms with van der Waals surface area (Å²) in [7, 11) is 4.11. The zero-order valence-corrected chi connectivity index (χ0v) is 19.3. The number of carboxylic acids is 2. The molecule has 2 N–H and O–H groups in total. The minimum absolute atomic E-state index is 0.573. The molecule has 2 aliphatic rings. The Labute approximate surface area is 197 Å². The van der Waals surface area contributed by atoms with E-state index >= 15 is 0 Å². The van der Waals surface area contributed by atoms with Crippen molar-refractivity contribution in [2.45, 2.75) is 44.8 Å². The Bertz CT molecular complexity index is 787. The molecule has 35 heavy (non-hydrogen) atoms. The summed E-state index contributed by atoms with van der Waals surface area (Å²) >= 11 is 0. The van der Waals surface area contributed by atoms with Gasteiger partial charge in [0.05, 0.1) is 6.61 Å². The topological polar surface area (TPSA) is 121 Å². The fourth-order valence-corrected chi connectivity index (χ4v) is 2.79. The maximum absolute atomic E-state index is 10.6. The van der Waals surface area contributed by atoms with Crippen LogP contribution < -0.4 is 0 Å². The van der Waals surface area contributed by atoms with Crippen molar-refractivity contribution >= 4 is 11.9 Å². The number of carbonyl (C=O) groups is 2.